The molecule has 4 nitrogen and oxygen atoms in total. The quantitative estimate of drug-likeness (QED) is 0.807. The number of nitrogens with one attached hydrogen (secondary N) is 1. The lowest BCUT2D eigenvalue weighted by atomic mass is 10.1. The summed E-state index contributed by atoms with van der Waals surface area (Å²) in [7, 11) is 0. The van der Waals surface area contributed by atoms with Gasteiger partial charge in [-0.15, -0.1) is 0 Å². The monoisotopic (exact) mass is 348 g/mol. The molecule has 0 heterocycles. The molecule has 2 aromatic rings. The second-order valence-electron chi connectivity index (χ2n) is 4.61. The molecule has 23 heavy (non-hydrogen) atoms. The van der Waals surface area contributed by atoms with E-state index in [1.165, 1.54) is 18.2 Å². The molecule has 6 heteroatoms. The lowest BCUT2D eigenvalue weighted by Gasteiger charge is -2.03. The van der Waals surface area contributed by atoms with Crippen LogP contribution in [0.2, 0.25) is 10.0 Å². The molecule has 2 aromatic carbocycles. The van der Waals surface area contributed by atoms with E-state index < -0.39 is 5.97 Å². The highest BCUT2D eigenvalue weighted by Gasteiger charge is 2.04. The topological polar surface area (TPSA) is 66.4 Å². The van der Waals surface area contributed by atoms with Crippen molar-refractivity contribution >= 4 is 41.2 Å². The predicted octanol–water partition coefficient (Wildman–Crippen LogP) is 3.82. The van der Waals surface area contributed by atoms with E-state index >= 15 is 0 Å². The van der Waals surface area contributed by atoms with Gasteiger partial charge in [-0.25, -0.2) is 4.79 Å². The van der Waals surface area contributed by atoms with E-state index in [1.54, 1.807) is 30.3 Å². The fourth-order valence-corrected chi connectivity index (χ4v) is 2.13. The van der Waals surface area contributed by atoms with Crippen LogP contribution in [0.15, 0.2) is 42.5 Å². The van der Waals surface area contributed by atoms with Crippen LogP contribution in [-0.2, 0) is 11.3 Å². The first kappa shape index (κ1) is 17.1. The summed E-state index contributed by atoms with van der Waals surface area (Å²) in [6.07, 6.45) is 2.91. The lowest BCUT2D eigenvalue weighted by Crippen LogP contribution is -2.20. The summed E-state index contributed by atoms with van der Waals surface area (Å²) in [6.45, 7) is 0.292. The van der Waals surface area contributed by atoms with Crippen molar-refractivity contribution in [1.82, 2.24) is 5.32 Å². The SMILES string of the molecule is O=C(/C=C/c1cc[c]c(Cl)c1Cl)NCc1ccc(C(=O)O)cc1. The number of hydrogen-bond acceptors (Lipinski definition) is 2. The molecule has 0 saturated carbocycles. The Labute approximate surface area is 143 Å². The largest absolute Gasteiger partial charge is 0.478 e. The molecule has 0 fully saturated rings. The highest BCUT2D eigenvalue weighted by atomic mass is 35.5. The fourth-order valence-electron chi connectivity index (χ4n) is 1.78. The minimum atomic E-state index is -0.987. The van der Waals surface area contributed by atoms with Crippen LogP contribution in [0.1, 0.15) is 21.5 Å². The summed E-state index contributed by atoms with van der Waals surface area (Å²) in [5.41, 5.74) is 1.62. The number of amides is 1. The summed E-state index contributed by atoms with van der Waals surface area (Å²) in [4.78, 5) is 22.5. The minimum absolute atomic E-state index is 0.201. The number of rotatable bonds is 5. The Morgan fingerprint density at radius 3 is 2.52 bits per heavy atom. The Bertz CT molecular complexity index is 755. The van der Waals surface area contributed by atoms with Crippen molar-refractivity contribution in [2.75, 3.05) is 0 Å². The number of carboxylic acids is 1. The Morgan fingerprint density at radius 2 is 1.87 bits per heavy atom. The smallest absolute Gasteiger partial charge is 0.335 e. The van der Waals surface area contributed by atoms with Crippen molar-refractivity contribution in [2.24, 2.45) is 0 Å². The Morgan fingerprint density at radius 1 is 1.17 bits per heavy atom. The molecule has 1 amide bonds. The number of halogens is 2. The highest BCUT2D eigenvalue weighted by molar-refractivity contribution is 6.42. The van der Waals surface area contributed by atoms with Crippen molar-refractivity contribution in [1.29, 1.82) is 0 Å². The number of carbonyl (C=O) groups is 2. The van der Waals surface area contributed by atoms with E-state index in [0.29, 0.717) is 22.2 Å². The summed E-state index contributed by atoms with van der Waals surface area (Å²) in [5, 5.41) is 12.1. The maximum atomic E-state index is 11.8. The maximum absolute atomic E-state index is 11.8. The molecule has 0 unspecified atom stereocenters. The minimum Gasteiger partial charge on any atom is -0.478 e. The molecule has 1 radical (unpaired) electrons. The normalized spacial score (nSPS) is 10.7. The van der Waals surface area contributed by atoms with Crippen LogP contribution in [0, 0.1) is 6.07 Å². The average Bonchev–Trinajstić information content (AvgIpc) is 2.54. The van der Waals surface area contributed by atoms with Crippen molar-refractivity contribution in [3.63, 3.8) is 0 Å². The molecular formula is C17H12Cl2NO3. The molecule has 0 aliphatic heterocycles. The number of aromatic carboxylic acids is 1. The molecule has 2 N–H and O–H groups in total. The van der Waals surface area contributed by atoms with Gasteiger partial charge < -0.3 is 10.4 Å². The maximum Gasteiger partial charge on any atom is 0.335 e. The number of hydrogen-bond donors (Lipinski definition) is 2. The zero-order valence-electron chi connectivity index (χ0n) is 11.8. The van der Waals surface area contributed by atoms with Gasteiger partial charge in [0.25, 0.3) is 0 Å². The zero-order chi connectivity index (χ0) is 16.8. The van der Waals surface area contributed by atoms with E-state index in [-0.39, 0.29) is 11.5 Å². The van der Waals surface area contributed by atoms with Crippen molar-refractivity contribution in [3.05, 3.63) is 75.3 Å². The van der Waals surface area contributed by atoms with Gasteiger partial charge in [-0.2, -0.15) is 0 Å². The number of carbonyl (C=O) groups excluding carboxylic acids is 1. The molecule has 0 spiro atoms. The van der Waals surface area contributed by atoms with Gasteiger partial charge in [0, 0.05) is 18.7 Å². The standard InChI is InChI=1S/C17H12Cl2NO3/c18-14-3-1-2-12(16(14)19)8-9-15(21)20-10-11-4-6-13(7-5-11)17(22)23/h1-2,4-9H,10H2,(H,20,21)(H,22,23)/b9-8+. The Balaban J connectivity index is 1.93. The predicted molar refractivity (Wildman–Crippen MR) is 89.6 cm³/mol. The van der Waals surface area contributed by atoms with Gasteiger partial charge in [0.1, 0.15) is 0 Å². The van der Waals surface area contributed by atoms with Gasteiger partial charge in [0.2, 0.25) is 5.91 Å². The van der Waals surface area contributed by atoms with E-state index in [9.17, 15) is 9.59 Å². The lowest BCUT2D eigenvalue weighted by molar-refractivity contribution is -0.116. The van der Waals surface area contributed by atoms with Crippen molar-refractivity contribution in [2.45, 2.75) is 6.54 Å². The summed E-state index contributed by atoms with van der Waals surface area (Å²) >= 11 is 11.8. The summed E-state index contributed by atoms with van der Waals surface area (Å²) < 4.78 is 0. The van der Waals surface area contributed by atoms with Crippen LogP contribution in [0.5, 0.6) is 0 Å². The fraction of sp³-hybridized carbons (Fsp3) is 0.0588. The Kier molecular flexibility index (Phi) is 5.79. The molecule has 2 rings (SSSR count). The molecule has 0 atom stereocenters. The van der Waals surface area contributed by atoms with Crippen LogP contribution in [0.25, 0.3) is 6.08 Å². The van der Waals surface area contributed by atoms with Crippen LogP contribution >= 0.6 is 23.2 Å². The zero-order valence-corrected chi connectivity index (χ0v) is 13.4. The third-order valence-electron chi connectivity index (χ3n) is 3.00. The first-order chi connectivity index (χ1) is 11.0. The van der Waals surface area contributed by atoms with Gasteiger partial charge in [0.15, 0.2) is 0 Å². The summed E-state index contributed by atoms with van der Waals surface area (Å²) in [5.74, 6) is -1.29. The van der Waals surface area contributed by atoms with E-state index in [4.69, 9.17) is 28.3 Å². The van der Waals surface area contributed by atoms with Crippen LogP contribution in [0.3, 0.4) is 0 Å². The first-order valence-corrected chi connectivity index (χ1v) is 7.37. The molecule has 0 aliphatic carbocycles. The summed E-state index contributed by atoms with van der Waals surface area (Å²) in [6, 6.07) is 12.3. The number of benzene rings is 2. The Hall–Kier alpha value is -2.30. The van der Waals surface area contributed by atoms with Gasteiger partial charge in [0.05, 0.1) is 15.6 Å². The van der Waals surface area contributed by atoms with Gasteiger partial charge in [-0.3, -0.25) is 4.79 Å². The van der Waals surface area contributed by atoms with E-state index in [2.05, 4.69) is 11.4 Å². The molecule has 117 valence electrons. The van der Waals surface area contributed by atoms with Gasteiger partial charge in [-0.05, 0) is 29.3 Å². The molecule has 0 saturated heterocycles. The molecule has 0 aromatic heterocycles. The average molecular weight is 349 g/mol. The van der Waals surface area contributed by atoms with E-state index in [1.807, 2.05) is 0 Å². The molecule has 0 aliphatic rings. The second kappa shape index (κ2) is 7.81. The van der Waals surface area contributed by atoms with Gasteiger partial charge >= 0.3 is 5.97 Å². The van der Waals surface area contributed by atoms with Crippen LogP contribution in [-0.4, -0.2) is 17.0 Å². The third-order valence-corrected chi connectivity index (χ3v) is 3.80. The molecular weight excluding hydrogens is 337 g/mol. The van der Waals surface area contributed by atoms with E-state index in [0.717, 1.165) is 5.56 Å². The first-order valence-electron chi connectivity index (χ1n) is 6.61. The highest BCUT2D eigenvalue weighted by Crippen LogP contribution is 2.25. The van der Waals surface area contributed by atoms with Crippen molar-refractivity contribution in [3.8, 4) is 0 Å². The van der Waals surface area contributed by atoms with Gasteiger partial charge in [-0.1, -0.05) is 47.5 Å². The number of carboxylic acid groups (broad SMARTS) is 1. The van der Waals surface area contributed by atoms with Crippen LogP contribution < -0.4 is 5.32 Å². The second-order valence-corrected chi connectivity index (χ2v) is 5.37. The third kappa shape index (κ3) is 4.84. The van der Waals surface area contributed by atoms with Crippen LogP contribution in [0.4, 0.5) is 0 Å². The molecule has 0 bridgehead atoms. The van der Waals surface area contributed by atoms with Crippen molar-refractivity contribution < 1.29 is 14.7 Å².